The number of hydrogen-bond donors (Lipinski definition) is 0. The zero-order valence-electron chi connectivity index (χ0n) is 13.9. The minimum absolute atomic E-state index is 0.204. The summed E-state index contributed by atoms with van der Waals surface area (Å²) in [6.07, 6.45) is 1.85. The first kappa shape index (κ1) is 18.5. The van der Waals surface area contributed by atoms with Crippen LogP contribution < -0.4 is 4.74 Å². The molecule has 0 aliphatic rings. The van der Waals surface area contributed by atoms with E-state index >= 15 is 0 Å². The maximum atomic E-state index is 12.0. The summed E-state index contributed by atoms with van der Waals surface area (Å²) in [6.45, 7) is 7.04. The van der Waals surface area contributed by atoms with Gasteiger partial charge < -0.3 is 14.2 Å². The Morgan fingerprint density at radius 3 is 2.26 bits per heavy atom. The summed E-state index contributed by atoms with van der Waals surface area (Å²) in [5.74, 6) is 0.0135. The highest BCUT2D eigenvalue weighted by atomic mass is 16.5. The van der Waals surface area contributed by atoms with Crippen LogP contribution >= 0.6 is 0 Å². The number of methoxy groups -OCH3 is 2. The zero-order valence-corrected chi connectivity index (χ0v) is 13.9. The first-order valence-corrected chi connectivity index (χ1v) is 7.11. The van der Waals surface area contributed by atoms with Gasteiger partial charge in [-0.3, -0.25) is 4.79 Å². The fourth-order valence-electron chi connectivity index (χ4n) is 1.84. The number of hydrogen-bond acceptors (Lipinski definition) is 5. The van der Waals surface area contributed by atoms with E-state index in [1.54, 1.807) is 32.1 Å². The van der Waals surface area contributed by atoms with Gasteiger partial charge in [0.15, 0.2) is 0 Å². The van der Waals surface area contributed by atoms with Crippen LogP contribution in [0.4, 0.5) is 0 Å². The van der Waals surface area contributed by atoms with Crippen molar-refractivity contribution < 1.29 is 23.8 Å². The molecule has 5 heteroatoms. The van der Waals surface area contributed by atoms with Gasteiger partial charge in [0.2, 0.25) is 0 Å². The molecule has 0 unspecified atom stereocenters. The number of allylic oxidation sites excluding steroid dienone is 1. The zero-order chi connectivity index (χ0) is 17.5. The standard InChI is InChI=1S/C18H22O5/c1-13(16(19)21-4)11-12-15(18(2,3)17(20)22-5)23-14-9-7-6-8-10-14/h6-10,12H,1,11H2,2-5H3/b15-12+. The Kier molecular flexibility index (Phi) is 6.57. The highest BCUT2D eigenvalue weighted by Gasteiger charge is 2.35. The summed E-state index contributed by atoms with van der Waals surface area (Å²) in [7, 11) is 2.61. The third kappa shape index (κ3) is 4.98. The maximum Gasteiger partial charge on any atom is 0.333 e. The van der Waals surface area contributed by atoms with Crippen molar-refractivity contribution in [2.75, 3.05) is 14.2 Å². The Morgan fingerprint density at radius 1 is 1.13 bits per heavy atom. The topological polar surface area (TPSA) is 61.8 Å². The molecule has 5 nitrogen and oxygen atoms in total. The van der Waals surface area contributed by atoms with Gasteiger partial charge in [0.05, 0.1) is 14.2 Å². The second-order valence-corrected chi connectivity index (χ2v) is 5.40. The van der Waals surface area contributed by atoms with Crippen molar-refractivity contribution in [2.24, 2.45) is 5.41 Å². The molecule has 0 aliphatic carbocycles. The van der Waals surface area contributed by atoms with Gasteiger partial charge in [-0.2, -0.15) is 0 Å². The fraction of sp³-hybridized carbons (Fsp3) is 0.333. The predicted octanol–water partition coefficient (Wildman–Crippen LogP) is 3.27. The van der Waals surface area contributed by atoms with E-state index < -0.39 is 17.4 Å². The number of benzene rings is 1. The number of carbonyl (C=O) groups excluding carboxylic acids is 2. The van der Waals surface area contributed by atoms with Crippen molar-refractivity contribution in [2.45, 2.75) is 20.3 Å². The molecular weight excluding hydrogens is 296 g/mol. The molecule has 0 radical (unpaired) electrons. The second kappa shape index (κ2) is 8.17. The molecule has 0 spiro atoms. The fourth-order valence-corrected chi connectivity index (χ4v) is 1.84. The van der Waals surface area contributed by atoms with E-state index in [1.165, 1.54) is 14.2 Å². The number of para-hydroxylation sites is 1. The lowest BCUT2D eigenvalue weighted by molar-refractivity contribution is -0.149. The quantitative estimate of drug-likeness (QED) is 0.439. The van der Waals surface area contributed by atoms with Crippen LogP contribution in [-0.4, -0.2) is 26.2 Å². The lowest BCUT2D eigenvalue weighted by atomic mass is 9.89. The van der Waals surface area contributed by atoms with Crippen molar-refractivity contribution in [3.63, 3.8) is 0 Å². The Labute approximate surface area is 136 Å². The molecule has 1 rings (SSSR count). The van der Waals surface area contributed by atoms with Gasteiger partial charge in [-0.1, -0.05) is 24.8 Å². The van der Waals surface area contributed by atoms with Crippen molar-refractivity contribution in [1.82, 2.24) is 0 Å². The average Bonchev–Trinajstić information content (AvgIpc) is 2.57. The molecule has 0 aromatic heterocycles. The van der Waals surface area contributed by atoms with E-state index in [0.717, 1.165) is 0 Å². The molecule has 1 aromatic carbocycles. The highest BCUT2D eigenvalue weighted by molar-refractivity contribution is 5.88. The summed E-state index contributed by atoms with van der Waals surface area (Å²) < 4.78 is 15.3. The third-order valence-corrected chi connectivity index (χ3v) is 3.29. The number of esters is 2. The van der Waals surface area contributed by atoms with Crippen LogP contribution in [0.25, 0.3) is 0 Å². The monoisotopic (exact) mass is 318 g/mol. The first-order valence-electron chi connectivity index (χ1n) is 7.11. The predicted molar refractivity (Wildman–Crippen MR) is 86.7 cm³/mol. The summed E-state index contributed by atoms with van der Waals surface area (Å²) in [4.78, 5) is 23.5. The summed E-state index contributed by atoms with van der Waals surface area (Å²) in [5, 5.41) is 0. The van der Waals surface area contributed by atoms with E-state index in [4.69, 9.17) is 9.47 Å². The van der Waals surface area contributed by atoms with Gasteiger partial charge in [0.1, 0.15) is 16.9 Å². The number of rotatable bonds is 7. The summed E-state index contributed by atoms with van der Waals surface area (Å²) >= 11 is 0. The minimum Gasteiger partial charge on any atom is -0.468 e. The molecular formula is C18H22O5. The second-order valence-electron chi connectivity index (χ2n) is 5.40. The van der Waals surface area contributed by atoms with E-state index in [1.807, 2.05) is 18.2 Å². The van der Waals surface area contributed by atoms with Crippen molar-refractivity contribution in [3.05, 3.63) is 54.3 Å². The molecule has 0 heterocycles. The minimum atomic E-state index is -1.01. The van der Waals surface area contributed by atoms with E-state index in [2.05, 4.69) is 11.3 Å². The molecule has 0 amide bonds. The van der Waals surface area contributed by atoms with Gasteiger partial charge in [0, 0.05) is 12.0 Å². The average molecular weight is 318 g/mol. The smallest absolute Gasteiger partial charge is 0.333 e. The van der Waals surface area contributed by atoms with E-state index in [9.17, 15) is 9.59 Å². The molecule has 0 bridgehead atoms. The Hall–Kier alpha value is -2.56. The van der Waals surface area contributed by atoms with Crippen LogP contribution in [0.1, 0.15) is 20.3 Å². The van der Waals surface area contributed by atoms with Gasteiger partial charge >= 0.3 is 11.9 Å². The van der Waals surface area contributed by atoms with Gasteiger partial charge in [-0.05, 0) is 32.1 Å². The van der Waals surface area contributed by atoms with Crippen LogP contribution in [-0.2, 0) is 19.1 Å². The van der Waals surface area contributed by atoms with Gasteiger partial charge in [-0.25, -0.2) is 4.79 Å². The van der Waals surface area contributed by atoms with Crippen LogP contribution in [0, 0.1) is 5.41 Å². The van der Waals surface area contributed by atoms with Gasteiger partial charge in [-0.15, -0.1) is 0 Å². The van der Waals surface area contributed by atoms with Crippen molar-refractivity contribution >= 4 is 11.9 Å². The first-order chi connectivity index (χ1) is 10.8. The molecule has 0 saturated heterocycles. The molecule has 0 fully saturated rings. The van der Waals surface area contributed by atoms with Crippen molar-refractivity contribution in [3.8, 4) is 5.75 Å². The van der Waals surface area contributed by atoms with Crippen LogP contribution in [0.5, 0.6) is 5.75 Å². The highest BCUT2D eigenvalue weighted by Crippen LogP contribution is 2.31. The molecule has 0 atom stereocenters. The lowest BCUT2D eigenvalue weighted by Gasteiger charge is -2.25. The van der Waals surface area contributed by atoms with E-state index in [0.29, 0.717) is 11.5 Å². The van der Waals surface area contributed by atoms with Crippen LogP contribution in [0.3, 0.4) is 0 Å². The lowest BCUT2D eigenvalue weighted by Crippen LogP contribution is -2.30. The van der Waals surface area contributed by atoms with Crippen LogP contribution in [0.15, 0.2) is 54.3 Å². The number of ether oxygens (including phenoxy) is 3. The molecule has 0 N–H and O–H groups in total. The normalized spacial score (nSPS) is 11.6. The van der Waals surface area contributed by atoms with E-state index in [-0.39, 0.29) is 12.0 Å². The maximum absolute atomic E-state index is 12.0. The third-order valence-electron chi connectivity index (χ3n) is 3.29. The van der Waals surface area contributed by atoms with Crippen LogP contribution in [0.2, 0.25) is 0 Å². The Bertz CT molecular complexity index is 599. The largest absolute Gasteiger partial charge is 0.468 e. The molecule has 1 aromatic rings. The summed E-state index contributed by atoms with van der Waals surface area (Å²) in [6, 6.07) is 9.06. The molecule has 0 aliphatic heterocycles. The Balaban J connectivity index is 3.08. The number of carbonyl (C=O) groups is 2. The Morgan fingerprint density at radius 2 is 1.74 bits per heavy atom. The molecule has 0 saturated carbocycles. The SMILES string of the molecule is C=C(C/C=C(/Oc1ccccc1)C(C)(C)C(=O)OC)C(=O)OC. The van der Waals surface area contributed by atoms with Gasteiger partial charge in [0.25, 0.3) is 0 Å². The molecule has 23 heavy (non-hydrogen) atoms. The summed E-state index contributed by atoms with van der Waals surface area (Å²) in [5.41, 5.74) is -0.747. The molecule has 124 valence electrons. The van der Waals surface area contributed by atoms with Crippen molar-refractivity contribution in [1.29, 1.82) is 0 Å².